The van der Waals surface area contributed by atoms with E-state index in [1.807, 2.05) is 7.05 Å². The van der Waals surface area contributed by atoms with Gasteiger partial charge in [-0.1, -0.05) is 43.2 Å². The fraction of sp³-hybridized carbons (Fsp3) is 0.708. The minimum Gasteiger partial charge on any atom is -0.381 e. The van der Waals surface area contributed by atoms with Crippen LogP contribution in [0.25, 0.3) is 0 Å². The molecular formula is C24H40N4O. The molecule has 5 heteroatoms. The number of hydrogen-bond donors (Lipinski definition) is 2. The zero-order valence-electron chi connectivity index (χ0n) is 18.6. The minimum absolute atomic E-state index is 0.146. The topological polar surface area (TPSA) is 48.9 Å². The fourth-order valence-electron chi connectivity index (χ4n) is 4.86. The van der Waals surface area contributed by atoms with Gasteiger partial charge in [-0.3, -0.25) is 4.99 Å². The minimum atomic E-state index is 0.146. The smallest absolute Gasteiger partial charge is 0.193 e. The highest BCUT2D eigenvalue weighted by molar-refractivity contribution is 5.79. The van der Waals surface area contributed by atoms with E-state index < -0.39 is 0 Å². The average Bonchev–Trinajstić information content (AvgIpc) is 3.22. The lowest BCUT2D eigenvalue weighted by Gasteiger charge is -2.36. The van der Waals surface area contributed by atoms with Crippen molar-refractivity contribution in [1.82, 2.24) is 15.5 Å². The van der Waals surface area contributed by atoms with Gasteiger partial charge in [0, 0.05) is 52.0 Å². The summed E-state index contributed by atoms with van der Waals surface area (Å²) in [6, 6.07) is 11.1. The highest BCUT2D eigenvalue weighted by Gasteiger charge is 2.35. The normalized spacial score (nSPS) is 21.1. The van der Waals surface area contributed by atoms with Crippen LogP contribution in [-0.2, 0) is 4.74 Å². The number of nitrogens with one attached hydrogen (secondary N) is 2. The van der Waals surface area contributed by atoms with Gasteiger partial charge < -0.3 is 20.3 Å². The standard InChI is InChI=1S/C24H40N4O/c1-20(22-9-5-4-6-10-22)27-24(14-7-8-15-24)19-26-23(25-2)28(3)16-11-21-12-17-29-18-13-21/h4-6,9-10,20-21,27H,7-8,11-19H2,1-3H3,(H,25,26). The lowest BCUT2D eigenvalue weighted by Crippen LogP contribution is -2.54. The average molecular weight is 401 g/mol. The number of benzene rings is 1. The molecule has 1 aliphatic carbocycles. The van der Waals surface area contributed by atoms with Gasteiger partial charge in [-0.25, -0.2) is 0 Å². The van der Waals surface area contributed by atoms with Crippen molar-refractivity contribution in [2.45, 2.75) is 63.5 Å². The molecule has 5 nitrogen and oxygen atoms in total. The maximum Gasteiger partial charge on any atom is 0.193 e. The summed E-state index contributed by atoms with van der Waals surface area (Å²) in [6.45, 7) is 6.11. The second-order valence-corrected chi connectivity index (χ2v) is 8.93. The largest absolute Gasteiger partial charge is 0.381 e. The van der Waals surface area contributed by atoms with Crippen molar-refractivity contribution >= 4 is 5.96 Å². The number of rotatable bonds is 8. The van der Waals surface area contributed by atoms with Crippen LogP contribution >= 0.6 is 0 Å². The molecule has 1 heterocycles. The SMILES string of the molecule is CN=C(NCC1(NC(C)c2ccccc2)CCCC1)N(C)CCC1CCOCC1. The molecule has 0 amide bonds. The molecule has 2 aliphatic rings. The van der Waals surface area contributed by atoms with Gasteiger partial charge in [-0.15, -0.1) is 0 Å². The van der Waals surface area contributed by atoms with E-state index in [-0.39, 0.29) is 5.54 Å². The van der Waals surface area contributed by atoms with E-state index in [0.29, 0.717) is 6.04 Å². The third-order valence-corrected chi connectivity index (χ3v) is 6.75. The molecule has 0 spiro atoms. The van der Waals surface area contributed by atoms with Gasteiger partial charge in [0.25, 0.3) is 0 Å². The second kappa shape index (κ2) is 11.0. The summed E-state index contributed by atoms with van der Waals surface area (Å²) in [6.07, 6.45) is 8.66. The van der Waals surface area contributed by atoms with Crippen LogP contribution < -0.4 is 10.6 Å². The highest BCUT2D eigenvalue weighted by Crippen LogP contribution is 2.32. The zero-order valence-corrected chi connectivity index (χ0v) is 18.6. The van der Waals surface area contributed by atoms with Crippen molar-refractivity contribution in [3.8, 4) is 0 Å². The van der Waals surface area contributed by atoms with Crippen molar-refractivity contribution in [1.29, 1.82) is 0 Å². The molecule has 1 saturated heterocycles. The van der Waals surface area contributed by atoms with Gasteiger partial charge in [-0.2, -0.15) is 0 Å². The van der Waals surface area contributed by atoms with Gasteiger partial charge >= 0.3 is 0 Å². The summed E-state index contributed by atoms with van der Waals surface area (Å²) in [5.74, 6) is 1.80. The van der Waals surface area contributed by atoms with Gasteiger partial charge in [-0.05, 0) is 50.5 Å². The number of nitrogens with zero attached hydrogens (tertiary/aromatic N) is 2. The Morgan fingerprint density at radius 3 is 2.55 bits per heavy atom. The Labute approximate surface area is 177 Å². The van der Waals surface area contributed by atoms with Gasteiger partial charge in [0.15, 0.2) is 5.96 Å². The lowest BCUT2D eigenvalue weighted by molar-refractivity contribution is 0.0625. The molecule has 29 heavy (non-hydrogen) atoms. The fourth-order valence-corrected chi connectivity index (χ4v) is 4.86. The first-order valence-electron chi connectivity index (χ1n) is 11.4. The maximum absolute atomic E-state index is 5.49. The summed E-state index contributed by atoms with van der Waals surface area (Å²) in [4.78, 5) is 6.85. The van der Waals surface area contributed by atoms with E-state index in [4.69, 9.17) is 4.74 Å². The van der Waals surface area contributed by atoms with Crippen LogP contribution in [0.15, 0.2) is 35.3 Å². The first kappa shape index (κ1) is 22.1. The Kier molecular flexibility index (Phi) is 8.37. The Balaban J connectivity index is 1.52. The molecule has 2 fully saturated rings. The van der Waals surface area contributed by atoms with Crippen LogP contribution in [-0.4, -0.2) is 56.8 Å². The molecule has 1 saturated carbocycles. The van der Waals surface area contributed by atoms with Crippen LogP contribution in [0.1, 0.15) is 63.5 Å². The third kappa shape index (κ3) is 6.45. The molecule has 3 rings (SSSR count). The number of guanidine groups is 1. The monoisotopic (exact) mass is 400 g/mol. The van der Waals surface area contributed by atoms with Crippen LogP contribution in [0, 0.1) is 5.92 Å². The summed E-state index contributed by atoms with van der Waals surface area (Å²) in [5, 5.41) is 7.65. The summed E-state index contributed by atoms with van der Waals surface area (Å²) in [5.41, 5.74) is 1.50. The number of hydrogen-bond acceptors (Lipinski definition) is 3. The molecule has 1 aromatic rings. The van der Waals surface area contributed by atoms with Gasteiger partial charge in [0.05, 0.1) is 0 Å². The predicted molar refractivity (Wildman–Crippen MR) is 121 cm³/mol. The molecule has 2 N–H and O–H groups in total. The van der Waals surface area contributed by atoms with Gasteiger partial charge in [0.2, 0.25) is 0 Å². The number of ether oxygens (including phenoxy) is 1. The van der Waals surface area contributed by atoms with Crippen molar-refractivity contribution in [2.24, 2.45) is 10.9 Å². The molecule has 1 aromatic carbocycles. The Morgan fingerprint density at radius 2 is 1.90 bits per heavy atom. The molecule has 1 atom stereocenters. The van der Waals surface area contributed by atoms with Crippen LogP contribution in [0.3, 0.4) is 0 Å². The molecular weight excluding hydrogens is 360 g/mol. The molecule has 0 bridgehead atoms. The van der Waals surface area contributed by atoms with E-state index in [1.54, 1.807) is 0 Å². The molecule has 1 unspecified atom stereocenters. The highest BCUT2D eigenvalue weighted by atomic mass is 16.5. The first-order chi connectivity index (χ1) is 14.1. The van der Waals surface area contributed by atoms with E-state index in [2.05, 4.69) is 64.8 Å². The molecule has 1 aliphatic heterocycles. The Bertz CT molecular complexity index is 621. The van der Waals surface area contributed by atoms with E-state index in [1.165, 1.54) is 50.5 Å². The lowest BCUT2D eigenvalue weighted by atomic mass is 9.94. The molecule has 0 aromatic heterocycles. The van der Waals surface area contributed by atoms with E-state index in [9.17, 15) is 0 Å². The van der Waals surface area contributed by atoms with Crippen LogP contribution in [0.5, 0.6) is 0 Å². The van der Waals surface area contributed by atoms with Gasteiger partial charge in [0.1, 0.15) is 0 Å². The molecule has 0 radical (unpaired) electrons. The summed E-state index contributed by atoms with van der Waals surface area (Å²) < 4.78 is 5.49. The van der Waals surface area contributed by atoms with E-state index in [0.717, 1.165) is 38.2 Å². The van der Waals surface area contributed by atoms with Crippen molar-refractivity contribution in [3.05, 3.63) is 35.9 Å². The second-order valence-electron chi connectivity index (χ2n) is 8.93. The van der Waals surface area contributed by atoms with Crippen molar-refractivity contribution in [3.63, 3.8) is 0 Å². The van der Waals surface area contributed by atoms with Crippen molar-refractivity contribution in [2.75, 3.05) is 40.4 Å². The zero-order chi connectivity index (χ0) is 20.5. The third-order valence-electron chi connectivity index (χ3n) is 6.75. The quantitative estimate of drug-likeness (QED) is 0.512. The van der Waals surface area contributed by atoms with Crippen LogP contribution in [0.2, 0.25) is 0 Å². The first-order valence-corrected chi connectivity index (χ1v) is 11.4. The summed E-state index contributed by atoms with van der Waals surface area (Å²) >= 11 is 0. The molecule has 162 valence electrons. The Hall–Kier alpha value is -1.59. The van der Waals surface area contributed by atoms with Crippen LogP contribution in [0.4, 0.5) is 0 Å². The number of aliphatic imine (C=N–C) groups is 1. The van der Waals surface area contributed by atoms with E-state index >= 15 is 0 Å². The summed E-state index contributed by atoms with van der Waals surface area (Å²) in [7, 11) is 4.06. The van der Waals surface area contributed by atoms with Crippen molar-refractivity contribution < 1.29 is 4.74 Å². The maximum atomic E-state index is 5.49. The Morgan fingerprint density at radius 1 is 1.21 bits per heavy atom. The predicted octanol–water partition coefficient (Wildman–Crippen LogP) is 3.97.